The summed E-state index contributed by atoms with van der Waals surface area (Å²) in [6.45, 7) is 0. The molecule has 2 aromatic rings. The quantitative estimate of drug-likeness (QED) is 0.700. The van der Waals surface area contributed by atoms with Crippen LogP contribution in [0.5, 0.6) is 0 Å². The predicted molar refractivity (Wildman–Crippen MR) is 87.1 cm³/mol. The standard InChI is InChI=1S/C18H12F8N2O2/c1-27-16(30)14(8-2-3-12(19)13(20)6-8)28-15(29)9-4-10(17(21,22)23)7-11(5-9)18(24,25)26/h2-7,14H,1H3,(H,27,30)(H,28,29). The minimum absolute atomic E-state index is 0.164. The Morgan fingerprint density at radius 1 is 0.833 bits per heavy atom. The third-order valence-electron chi connectivity index (χ3n) is 3.91. The second-order valence-corrected chi connectivity index (χ2v) is 5.99. The highest BCUT2D eigenvalue weighted by atomic mass is 19.4. The van der Waals surface area contributed by atoms with Crippen molar-refractivity contribution in [2.75, 3.05) is 7.05 Å². The van der Waals surface area contributed by atoms with Crippen LogP contribution in [0.3, 0.4) is 0 Å². The molecule has 0 radical (unpaired) electrons. The molecule has 0 aromatic heterocycles. The van der Waals surface area contributed by atoms with Crippen molar-refractivity contribution in [1.29, 1.82) is 0 Å². The van der Waals surface area contributed by atoms with Gasteiger partial charge < -0.3 is 10.6 Å². The van der Waals surface area contributed by atoms with Crippen LogP contribution in [0, 0.1) is 11.6 Å². The van der Waals surface area contributed by atoms with Gasteiger partial charge in [-0.05, 0) is 35.9 Å². The van der Waals surface area contributed by atoms with Gasteiger partial charge in [-0.15, -0.1) is 0 Å². The van der Waals surface area contributed by atoms with E-state index in [-0.39, 0.29) is 23.8 Å². The Kier molecular flexibility index (Phi) is 6.38. The summed E-state index contributed by atoms with van der Waals surface area (Å²) < 4.78 is 104. The summed E-state index contributed by atoms with van der Waals surface area (Å²) >= 11 is 0. The van der Waals surface area contributed by atoms with Gasteiger partial charge in [0.25, 0.3) is 5.91 Å². The van der Waals surface area contributed by atoms with Crippen LogP contribution in [-0.4, -0.2) is 18.9 Å². The number of carbonyl (C=O) groups excluding carboxylic acids is 2. The highest BCUT2D eigenvalue weighted by Crippen LogP contribution is 2.36. The van der Waals surface area contributed by atoms with E-state index in [0.29, 0.717) is 12.1 Å². The van der Waals surface area contributed by atoms with E-state index in [0.717, 1.165) is 13.1 Å². The number of hydrogen-bond donors (Lipinski definition) is 2. The lowest BCUT2D eigenvalue weighted by molar-refractivity contribution is -0.143. The molecule has 2 amide bonds. The van der Waals surface area contributed by atoms with E-state index >= 15 is 0 Å². The Morgan fingerprint density at radius 3 is 1.80 bits per heavy atom. The van der Waals surface area contributed by atoms with Crippen molar-refractivity contribution in [2.24, 2.45) is 0 Å². The maximum atomic E-state index is 13.5. The van der Waals surface area contributed by atoms with Gasteiger partial charge >= 0.3 is 12.4 Å². The van der Waals surface area contributed by atoms with Gasteiger partial charge in [0.1, 0.15) is 6.04 Å². The topological polar surface area (TPSA) is 58.2 Å². The summed E-state index contributed by atoms with van der Waals surface area (Å²) in [4.78, 5) is 24.4. The highest BCUT2D eigenvalue weighted by Gasteiger charge is 2.38. The molecule has 2 rings (SSSR count). The van der Waals surface area contributed by atoms with Crippen LogP contribution in [0.2, 0.25) is 0 Å². The molecular formula is C18H12F8N2O2. The summed E-state index contributed by atoms with van der Waals surface area (Å²) in [5, 5.41) is 4.03. The molecule has 0 saturated carbocycles. The zero-order valence-electron chi connectivity index (χ0n) is 14.9. The average Bonchev–Trinajstić information content (AvgIpc) is 2.65. The SMILES string of the molecule is CNC(=O)C(NC(=O)c1cc(C(F)(F)F)cc(C(F)(F)F)c1)c1ccc(F)c(F)c1. The second-order valence-electron chi connectivity index (χ2n) is 5.99. The van der Waals surface area contributed by atoms with Gasteiger partial charge in [-0.1, -0.05) is 6.07 Å². The number of benzene rings is 2. The van der Waals surface area contributed by atoms with Crippen molar-refractivity contribution in [1.82, 2.24) is 10.6 Å². The molecule has 1 atom stereocenters. The molecule has 0 aliphatic carbocycles. The molecule has 0 aliphatic heterocycles. The lowest BCUT2D eigenvalue weighted by Gasteiger charge is -2.19. The Morgan fingerprint density at radius 2 is 1.37 bits per heavy atom. The van der Waals surface area contributed by atoms with E-state index in [1.54, 1.807) is 0 Å². The number of carbonyl (C=O) groups is 2. The van der Waals surface area contributed by atoms with Crippen LogP contribution in [0.4, 0.5) is 35.1 Å². The second kappa shape index (κ2) is 8.28. The van der Waals surface area contributed by atoms with E-state index in [2.05, 4.69) is 5.32 Å². The minimum atomic E-state index is -5.18. The molecule has 0 spiro atoms. The van der Waals surface area contributed by atoms with Gasteiger partial charge in [0.2, 0.25) is 5.91 Å². The van der Waals surface area contributed by atoms with Crippen LogP contribution < -0.4 is 10.6 Å². The summed E-state index contributed by atoms with van der Waals surface area (Å²) in [5.74, 6) is -5.09. The van der Waals surface area contributed by atoms with E-state index in [9.17, 15) is 44.7 Å². The summed E-state index contributed by atoms with van der Waals surface area (Å²) in [7, 11) is 1.12. The van der Waals surface area contributed by atoms with Gasteiger partial charge in [0.15, 0.2) is 11.6 Å². The molecular weight excluding hydrogens is 428 g/mol. The third kappa shape index (κ3) is 5.24. The van der Waals surface area contributed by atoms with Crippen molar-refractivity contribution in [3.05, 3.63) is 70.3 Å². The normalized spacial score (nSPS) is 13.0. The molecule has 4 nitrogen and oxygen atoms in total. The van der Waals surface area contributed by atoms with Crippen molar-refractivity contribution < 1.29 is 44.7 Å². The first-order chi connectivity index (χ1) is 13.7. The maximum absolute atomic E-state index is 13.5. The number of amides is 2. The fourth-order valence-corrected chi connectivity index (χ4v) is 2.44. The summed E-state index contributed by atoms with van der Waals surface area (Å²) in [5.41, 5.74) is -4.78. The zero-order chi connectivity index (χ0) is 22.9. The maximum Gasteiger partial charge on any atom is 0.416 e. The number of rotatable bonds is 4. The van der Waals surface area contributed by atoms with Gasteiger partial charge in [-0.25, -0.2) is 8.78 Å². The van der Waals surface area contributed by atoms with Crippen LogP contribution in [0.15, 0.2) is 36.4 Å². The van der Waals surface area contributed by atoms with E-state index < -0.39 is 58.5 Å². The lowest BCUT2D eigenvalue weighted by atomic mass is 10.0. The Hall–Kier alpha value is -3.18. The van der Waals surface area contributed by atoms with Crippen LogP contribution >= 0.6 is 0 Å². The van der Waals surface area contributed by atoms with Gasteiger partial charge in [0.05, 0.1) is 11.1 Å². The van der Waals surface area contributed by atoms with E-state index in [4.69, 9.17) is 0 Å². The molecule has 162 valence electrons. The molecule has 0 saturated heterocycles. The Labute approximate surface area is 163 Å². The monoisotopic (exact) mass is 440 g/mol. The first-order valence-electron chi connectivity index (χ1n) is 8.01. The fraction of sp³-hybridized carbons (Fsp3) is 0.222. The Bertz CT molecular complexity index is 937. The first-order valence-corrected chi connectivity index (χ1v) is 8.01. The molecule has 0 bridgehead atoms. The number of halogens is 8. The van der Waals surface area contributed by atoms with Crippen molar-refractivity contribution in [3.8, 4) is 0 Å². The van der Waals surface area contributed by atoms with Gasteiger partial charge in [-0.2, -0.15) is 26.3 Å². The average molecular weight is 440 g/mol. The van der Waals surface area contributed by atoms with Crippen LogP contribution in [0.25, 0.3) is 0 Å². The van der Waals surface area contributed by atoms with Crippen molar-refractivity contribution in [2.45, 2.75) is 18.4 Å². The summed E-state index contributed by atoms with van der Waals surface area (Å²) in [6, 6.07) is 0.588. The molecule has 2 N–H and O–H groups in total. The smallest absolute Gasteiger partial charge is 0.357 e. The largest absolute Gasteiger partial charge is 0.416 e. The van der Waals surface area contributed by atoms with E-state index in [1.165, 1.54) is 0 Å². The van der Waals surface area contributed by atoms with Crippen molar-refractivity contribution in [3.63, 3.8) is 0 Å². The van der Waals surface area contributed by atoms with Crippen molar-refractivity contribution >= 4 is 11.8 Å². The number of alkyl halides is 6. The highest BCUT2D eigenvalue weighted by molar-refractivity contribution is 5.98. The molecule has 0 aliphatic rings. The predicted octanol–water partition coefficient (Wildman–Crippen LogP) is 4.22. The fourth-order valence-electron chi connectivity index (χ4n) is 2.44. The molecule has 1 unspecified atom stereocenters. The van der Waals surface area contributed by atoms with Crippen LogP contribution in [-0.2, 0) is 17.1 Å². The van der Waals surface area contributed by atoms with E-state index in [1.807, 2.05) is 5.32 Å². The van der Waals surface area contributed by atoms with Gasteiger partial charge in [0, 0.05) is 12.6 Å². The minimum Gasteiger partial charge on any atom is -0.357 e. The van der Waals surface area contributed by atoms with Gasteiger partial charge in [-0.3, -0.25) is 9.59 Å². The number of nitrogens with one attached hydrogen (secondary N) is 2. The molecule has 12 heteroatoms. The molecule has 30 heavy (non-hydrogen) atoms. The number of likely N-dealkylation sites (N-methyl/N-ethyl adjacent to an activating group) is 1. The van der Waals surface area contributed by atoms with Crippen LogP contribution in [0.1, 0.15) is 33.1 Å². The Balaban J connectivity index is 2.49. The summed E-state index contributed by atoms with van der Waals surface area (Å²) in [6.07, 6.45) is -10.4. The molecule has 0 heterocycles. The zero-order valence-corrected chi connectivity index (χ0v) is 14.9. The molecule has 2 aromatic carbocycles. The molecule has 0 fully saturated rings. The third-order valence-corrected chi connectivity index (χ3v) is 3.91. The number of hydrogen-bond acceptors (Lipinski definition) is 2. The lowest BCUT2D eigenvalue weighted by Crippen LogP contribution is -2.39. The first kappa shape index (κ1) is 23.1.